The number of aromatic nitrogens is 4. The fourth-order valence-electron chi connectivity index (χ4n) is 9.50. The zero-order valence-corrected chi connectivity index (χ0v) is 31.3. The van der Waals surface area contributed by atoms with Crippen molar-refractivity contribution < 1.29 is 14.7 Å². The average molecular weight is 721 g/mol. The third kappa shape index (κ3) is 7.03. The van der Waals surface area contributed by atoms with Crippen LogP contribution < -0.4 is 15.1 Å². The molecule has 0 radical (unpaired) electrons. The van der Waals surface area contributed by atoms with Gasteiger partial charge >= 0.3 is 5.97 Å². The van der Waals surface area contributed by atoms with Crippen molar-refractivity contribution in [3.05, 3.63) is 64.8 Å². The first-order valence-corrected chi connectivity index (χ1v) is 19.3. The first-order valence-electron chi connectivity index (χ1n) is 19.3. The molecular formula is C40H52N10O3. The van der Waals surface area contributed by atoms with Crippen molar-refractivity contribution >= 4 is 29.2 Å². The minimum Gasteiger partial charge on any atom is -0.476 e. The van der Waals surface area contributed by atoms with Crippen LogP contribution in [0.4, 0.5) is 11.5 Å². The molecule has 280 valence electrons. The lowest BCUT2D eigenvalue weighted by Gasteiger charge is -2.55. The summed E-state index contributed by atoms with van der Waals surface area (Å²) < 4.78 is 1.84. The van der Waals surface area contributed by atoms with Crippen LogP contribution in [0.5, 0.6) is 0 Å². The van der Waals surface area contributed by atoms with E-state index in [-0.39, 0.29) is 11.6 Å². The van der Waals surface area contributed by atoms with Gasteiger partial charge < -0.3 is 30.0 Å². The molecule has 1 amide bonds. The highest BCUT2D eigenvalue weighted by Crippen LogP contribution is 2.46. The summed E-state index contributed by atoms with van der Waals surface area (Å²) in [6.45, 7) is 9.80. The Morgan fingerprint density at radius 3 is 2.43 bits per heavy atom. The number of piperidine rings is 1. The monoisotopic (exact) mass is 720 g/mol. The number of nitrogens with one attached hydrogen (secondary N) is 2. The van der Waals surface area contributed by atoms with E-state index in [2.05, 4.69) is 60.6 Å². The number of carbonyl (C=O) groups excluding carboxylic acids is 1. The molecule has 13 nitrogen and oxygen atoms in total. The normalized spacial score (nSPS) is 21.1. The molecular weight excluding hydrogens is 669 g/mol. The van der Waals surface area contributed by atoms with Crippen LogP contribution in [-0.2, 0) is 18.3 Å². The first kappa shape index (κ1) is 35.3. The quantitative estimate of drug-likeness (QED) is 0.233. The minimum atomic E-state index is -1.05. The van der Waals surface area contributed by atoms with E-state index in [4.69, 9.17) is 5.11 Å². The van der Waals surface area contributed by atoms with Crippen LogP contribution in [0.15, 0.2) is 47.9 Å². The molecule has 3 N–H and O–H groups in total. The highest BCUT2D eigenvalue weighted by Gasteiger charge is 2.46. The van der Waals surface area contributed by atoms with Gasteiger partial charge in [0.2, 0.25) is 5.91 Å². The van der Waals surface area contributed by atoms with Gasteiger partial charge in [-0.05, 0) is 99.2 Å². The van der Waals surface area contributed by atoms with Crippen molar-refractivity contribution in [3.63, 3.8) is 0 Å². The van der Waals surface area contributed by atoms with Crippen LogP contribution in [0, 0.1) is 17.7 Å². The lowest BCUT2D eigenvalue weighted by Crippen LogP contribution is -2.59. The first-order chi connectivity index (χ1) is 25.6. The molecule has 8 rings (SSSR count). The molecule has 6 heterocycles. The predicted molar refractivity (Wildman–Crippen MR) is 204 cm³/mol. The van der Waals surface area contributed by atoms with Gasteiger partial charge in [0.05, 0.1) is 12.7 Å². The maximum absolute atomic E-state index is 12.6. The molecule has 2 saturated heterocycles. The van der Waals surface area contributed by atoms with Crippen molar-refractivity contribution in [1.29, 1.82) is 5.41 Å². The van der Waals surface area contributed by atoms with Crippen molar-refractivity contribution in [1.82, 2.24) is 35.1 Å². The number of rotatable bonds is 7. The van der Waals surface area contributed by atoms with E-state index in [0.29, 0.717) is 36.4 Å². The van der Waals surface area contributed by atoms with Gasteiger partial charge in [-0.1, -0.05) is 0 Å². The number of hydrogen-bond donors (Lipinski definition) is 3. The van der Waals surface area contributed by atoms with E-state index >= 15 is 0 Å². The summed E-state index contributed by atoms with van der Waals surface area (Å²) in [6, 6.07) is 8.82. The smallest absolute Gasteiger partial charge is 0.356 e. The third-order valence-electron chi connectivity index (χ3n) is 12.6. The van der Waals surface area contributed by atoms with Crippen LogP contribution in [0.1, 0.15) is 79.9 Å². The zero-order chi connectivity index (χ0) is 36.9. The van der Waals surface area contributed by atoms with Crippen molar-refractivity contribution in [2.24, 2.45) is 12.5 Å². The lowest BCUT2D eigenvalue weighted by atomic mass is 9.67. The number of amides is 1. The molecule has 1 saturated carbocycles. The second kappa shape index (κ2) is 14.2. The number of aromatic carboxylic acids is 1. The van der Waals surface area contributed by atoms with E-state index < -0.39 is 5.97 Å². The van der Waals surface area contributed by atoms with E-state index in [1.54, 1.807) is 13.0 Å². The van der Waals surface area contributed by atoms with Gasteiger partial charge in [-0.2, -0.15) is 5.10 Å². The summed E-state index contributed by atoms with van der Waals surface area (Å²) in [4.78, 5) is 32.7. The van der Waals surface area contributed by atoms with Crippen molar-refractivity contribution in [3.8, 4) is 11.1 Å². The average Bonchev–Trinajstić information content (AvgIpc) is 3.59. The Morgan fingerprint density at radius 2 is 1.77 bits per heavy atom. The van der Waals surface area contributed by atoms with Gasteiger partial charge in [0, 0.05) is 106 Å². The second-order valence-electron chi connectivity index (χ2n) is 16.1. The fourth-order valence-corrected chi connectivity index (χ4v) is 9.50. The lowest BCUT2D eigenvalue weighted by molar-refractivity contribution is -0.128. The molecule has 3 fully saturated rings. The Hall–Kier alpha value is -4.78. The number of benzene rings is 1. The van der Waals surface area contributed by atoms with Gasteiger partial charge in [0.15, 0.2) is 11.5 Å². The van der Waals surface area contributed by atoms with Gasteiger partial charge in [0.25, 0.3) is 0 Å². The molecule has 0 unspecified atom stereocenters. The summed E-state index contributed by atoms with van der Waals surface area (Å²) >= 11 is 0. The third-order valence-corrected chi connectivity index (χ3v) is 12.6. The molecule has 4 aliphatic heterocycles. The Bertz CT molecular complexity index is 1910. The minimum absolute atomic E-state index is 0.0199. The summed E-state index contributed by atoms with van der Waals surface area (Å²) in [5.74, 6) is 0.292. The number of fused-ring (bicyclic) bond motifs is 1. The maximum atomic E-state index is 12.6. The number of amidine groups is 1. The molecule has 53 heavy (non-hydrogen) atoms. The van der Waals surface area contributed by atoms with Gasteiger partial charge in [-0.3, -0.25) is 14.9 Å². The van der Waals surface area contributed by atoms with E-state index in [1.807, 2.05) is 22.8 Å². The Morgan fingerprint density at radius 1 is 1.00 bits per heavy atom. The zero-order valence-electron chi connectivity index (χ0n) is 31.3. The number of aryl methyl sites for hydroxylation is 3. The Kier molecular flexibility index (Phi) is 9.46. The molecule has 13 heteroatoms. The molecule has 5 aliphatic rings. The maximum Gasteiger partial charge on any atom is 0.356 e. The SMILES string of the molecule is CC(=O)N1CCC(NC2CCN(C3CCC4(CC3)CN(c3ccc(C(=O)O)nn3)C4)CC2)=C(C(=N)N2CCCc3cc(-c4cnn(C)c4)c(C)cc32)C1. The van der Waals surface area contributed by atoms with Gasteiger partial charge in [-0.25, -0.2) is 4.79 Å². The molecule has 0 atom stereocenters. The van der Waals surface area contributed by atoms with Gasteiger partial charge in [0.1, 0.15) is 5.84 Å². The van der Waals surface area contributed by atoms with Crippen molar-refractivity contribution in [2.45, 2.75) is 83.7 Å². The van der Waals surface area contributed by atoms with Crippen LogP contribution >= 0.6 is 0 Å². The van der Waals surface area contributed by atoms with Crippen LogP contribution in [0.3, 0.4) is 0 Å². The highest BCUT2D eigenvalue weighted by molar-refractivity contribution is 6.09. The molecule has 2 aromatic heterocycles. The number of likely N-dealkylation sites (tertiary alicyclic amines) is 1. The van der Waals surface area contributed by atoms with E-state index in [1.165, 1.54) is 48.4 Å². The molecule has 1 spiro atoms. The molecule has 1 aromatic carbocycles. The standard InChI is InChI=1S/C40H52N10O3/c1-26-19-36-28(20-32(26)29-21-42-46(3)22-29)5-4-15-50(36)38(41)33-23-48(27(2)51)18-12-34(33)43-30-10-16-47(17-11-30)31-8-13-40(14-9-31)24-49(25-40)37-7-6-35(39(52)53)44-45-37/h6-7,19-22,30-31,41,43H,4-5,8-18,23-25H2,1-3H3,(H,52,53). The Balaban J connectivity index is 0.895. The van der Waals surface area contributed by atoms with E-state index in [0.717, 1.165) is 93.2 Å². The fraction of sp³-hybridized carbons (Fsp3) is 0.550. The summed E-state index contributed by atoms with van der Waals surface area (Å²) in [5, 5.41) is 35.1. The van der Waals surface area contributed by atoms with Gasteiger partial charge in [-0.15, -0.1) is 10.2 Å². The summed E-state index contributed by atoms with van der Waals surface area (Å²) in [5.41, 5.74) is 8.25. The number of anilines is 2. The number of carbonyl (C=O) groups is 2. The highest BCUT2D eigenvalue weighted by atomic mass is 16.4. The van der Waals surface area contributed by atoms with Crippen LogP contribution in [-0.4, -0.2) is 110 Å². The number of nitrogens with zero attached hydrogens (tertiary/aromatic N) is 8. The Labute approximate surface area is 311 Å². The molecule has 0 bridgehead atoms. The van der Waals surface area contributed by atoms with Crippen LogP contribution in [0.25, 0.3) is 11.1 Å². The van der Waals surface area contributed by atoms with Crippen molar-refractivity contribution in [2.75, 3.05) is 55.6 Å². The number of hydrogen-bond acceptors (Lipinski definition) is 9. The molecule has 3 aromatic rings. The number of carboxylic acid groups (broad SMARTS) is 1. The molecule has 1 aliphatic carbocycles. The number of carboxylic acids is 1. The van der Waals surface area contributed by atoms with E-state index in [9.17, 15) is 15.0 Å². The predicted octanol–water partition coefficient (Wildman–Crippen LogP) is 4.62. The van der Waals surface area contributed by atoms with Crippen LogP contribution in [0.2, 0.25) is 0 Å². The topological polar surface area (TPSA) is 147 Å². The summed E-state index contributed by atoms with van der Waals surface area (Å²) in [6.07, 6.45) is 13.7. The second-order valence-corrected chi connectivity index (χ2v) is 16.1. The largest absolute Gasteiger partial charge is 0.476 e. The summed E-state index contributed by atoms with van der Waals surface area (Å²) in [7, 11) is 1.94.